The van der Waals surface area contributed by atoms with Crippen LogP contribution in [0.3, 0.4) is 0 Å². The zero-order valence-electron chi connectivity index (χ0n) is 17.2. The third kappa shape index (κ3) is 4.55. The van der Waals surface area contributed by atoms with Gasteiger partial charge in [0.25, 0.3) is 0 Å². The third-order valence-electron chi connectivity index (χ3n) is 5.54. The molecule has 0 saturated carbocycles. The molecular weight excluding hydrogens is 455 g/mol. The highest BCUT2D eigenvalue weighted by molar-refractivity contribution is 7.89. The van der Waals surface area contributed by atoms with Crippen molar-refractivity contribution in [3.05, 3.63) is 69.7 Å². The van der Waals surface area contributed by atoms with Crippen LogP contribution in [-0.4, -0.2) is 49.1 Å². The van der Waals surface area contributed by atoms with Gasteiger partial charge in [0.1, 0.15) is 0 Å². The van der Waals surface area contributed by atoms with Crippen LogP contribution in [0.4, 0.5) is 5.82 Å². The Bertz CT molecular complexity index is 1210. The monoisotopic (exact) mass is 476 g/mol. The number of nitrogens with zero attached hydrogens (tertiary/aromatic N) is 4. The van der Waals surface area contributed by atoms with E-state index in [0.717, 1.165) is 17.1 Å². The molecule has 4 rings (SSSR count). The van der Waals surface area contributed by atoms with Crippen molar-refractivity contribution >= 4 is 39.0 Å². The number of aryl methyl sites for hydroxylation is 2. The topological polar surface area (TPSA) is 66.4 Å². The maximum absolute atomic E-state index is 12.9. The van der Waals surface area contributed by atoms with Crippen LogP contribution < -0.4 is 4.90 Å². The van der Waals surface area contributed by atoms with E-state index >= 15 is 0 Å². The molecule has 0 amide bonds. The molecule has 6 nitrogen and oxygen atoms in total. The van der Waals surface area contributed by atoms with Crippen molar-refractivity contribution in [2.24, 2.45) is 0 Å². The van der Waals surface area contributed by atoms with Crippen LogP contribution >= 0.6 is 23.2 Å². The molecular formula is C22H22Cl2N4O2S. The molecule has 0 spiro atoms. The van der Waals surface area contributed by atoms with Crippen LogP contribution in [0.2, 0.25) is 10.0 Å². The maximum atomic E-state index is 12.9. The average Bonchev–Trinajstić information content (AvgIpc) is 2.77. The van der Waals surface area contributed by atoms with Crippen LogP contribution in [0.25, 0.3) is 11.3 Å². The van der Waals surface area contributed by atoms with E-state index in [0.29, 0.717) is 31.2 Å². The molecule has 1 fully saturated rings. The molecule has 162 valence electrons. The van der Waals surface area contributed by atoms with Gasteiger partial charge in [-0.05, 0) is 61.4 Å². The Balaban J connectivity index is 1.44. The second-order valence-corrected chi connectivity index (χ2v) is 10.3. The first-order valence-electron chi connectivity index (χ1n) is 9.87. The van der Waals surface area contributed by atoms with Gasteiger partial charge in [-0.15, -0.1) is 10.2 Å². The van der Waals surface area contributed by atoms with Crippen LogP contribution in [0.1, 0.15) is 11.1 Å². The summed E-state index contributed by atoms with van der Waals surface area (Å²) in [7, 11) is -3.63. The van der Waals surface area contributed by atoms with Gasteiger partial charge in [-0.3, -0.25) is 0 Å². The minimum atomic E-state index is -3.63. The first-order valence-corrected chi connectivity index (χ1v) is 12.1. The second-order valence-electron chi connectivity index (χ2n) is 7.54. The summed E-state index contributed by atoms with van der Waals surface area (Å²) in [4.78, 5) is 2.19. The Kier molecular flexibility index (Phi) is 6.21. The number of aromatic nitrogens is 2. The summed E-state index contributed by atoms with van der Waals surface area (Å²) in [6.45, 7) is 5.91. The zero-order chi connectivity index (χ0) is 22.2. The summed E-state index contributed by atoms with van der Waals surface area (Å²) in [5.41, 5.74) is 4.29. The minimum Gasteiger partial charge on any atom is -0.352 e. The molecule has 31 heavy (non-hydrogen) atoms. The van der Waals surface area contributed by atoms with Gasteiger partial charge in [-0.1, -0.05) is 35.3 Å². The Hall–Kier alpha value is -2.19. The predicted molar refractivity (Wildman–Crippen MR) is 124 cm³/mol. The molecule has 3 aromatic rings. The number of rotatable bonds is 4. The lowest BCUT2D eigenvalue weighted by Gasteiger charge is -2.34. The van der Waals surface area contributed by atoms with Crippen molar-refractivity contribution in [3.8, 4) is 11.3 Å². The number of halogens is 2. The molecule has 1 aliphatic heterocycles. The molecule has 1 aliphatic rings. The van der Waals surface area contributed by atoms with E-state index in [2.05, 4.69) is 36.2 Å². The van der Waals surface area contributed by atoms with Crippen molar-refractivity contribution in [2.75, 3.05) is 31.1 Å². The minimum absolute atomic E-state index is 0.146. The Morgan fingerprint density at radius 3 is 2.16 bits per heavy atom. The molecule has 2 heterocycles. The first-order chi connectivity index (χ1) is 14.8. The molecule has 1 aromatic heterocycles. The van der Waals surface area contributed by atoms with Gasteiger partial charge in [0, 0.05) is 31.7 Å². The third-order valence-corrected chi connectivity index (χ3v) is 8.18. The Morgan fingerprint density at radius 2 is 1.55 bits per heavy atom. The molecule has 0 radical (unpaired) electrons. The van der Waals surface area contributed by atoms with Crippen LogP contribution in [-0.2, 0) is 10.0 Å². The Morgan fingerprint density at radius 1 is 0.806 bits per heavy atom. The summed E-state index contributed by atoms with van der Waals surface area (Å²) < 4.78 is 27.3. The number of sulfonamides is 1. The van der Waals surface area contributed by atoms with Gasteiger partial charge < -0.3 is 4.90 Å². The fourth-order valence-corrected chi connectivity index (χ4v) is 5.30. The lowest BCUT2D eigenvalue weighted by Crippen LogP contribution is -2.49. The molecule has 9 heteroatoms. The fraction of sp³-hybridized carbons (Fsp3) is 0.273. The van der Waals surface area contributed by atoms with Crippen molar-refractivity contribution < 1.29 is 8.42 Å². The van der Waals surface area contributed by atoms with E-state index in [-0.39, 0.29) is 9.92 Å². The molecule has 0 N–H and O–H groups in total. The number of anilines is 1. The molecule has 0 bridgehead atoms. The SMILES string of the molecule is Cc1ccc(-c2ccc(N3CCN(S(=O)(=O)c4ccc(Cl)c(Cl)c4)CC3)nn2)cc1C. The van der Waals surface area contributed by atoms with Gasteiger partial charge in [0.05, 0.1) is 20.6 Å². The lowest BCUT2D eigenvalue weighted by atomic mass is 10.0. The predicted octanol–water partition coefficient (Wildman–Crippen LogP) is 4.58. The van der Waals surface area contributed by atoms with E-state index in [1.807, 2.05) is 23.1 Å². The van der Waals surface area contributed by atoms with E-state index in [9.17, 15) is 8.42 Å². The number of hydrogen-bond acceptors (Lipinski definition) is 5. The molecule has 1 saturated heterocycles. The van der Waals surface area contributed by atoms with Gasteiger partial charge in [0.2, 0.25) is 10.0 Å². The van der Waals surface area contributed by atoms with Crippen LogP contribution in [0.15, 0.2) is 53.4 Å². The zero-order valence-corrected chi connectivity index (χ0v) is 19.5. The largest absolute Gasteiger partial charge is 0.352 e. The van der Waals surface area contributed by atoms with Crippen molar-refractivity contribution in [2.45, 2.75) is 18.7 Å². The molecule has 2 aromatic carbocycles. The van der Waals surface area contributed by atoms with Crippen molar-refractivity contribution in [3.63, 3.8) is 0 Å². The normalized spacial score (nSPS) is 15.3. The first kappa shape index (κ1) is 22.0. The van der Waals surface area contributed by atoms with Gasteiger partial charge in [0.15, 0.2) is 5.82 Å². The summed E-state index contributed by atoms with van der Waals surface area (Å²) >= 11 is 11.9. The highest BCUT2D eigenvalue weighted by Gasteiger charge is 2.29. The standard InChI is InChI=1S/C22H22Cl2N4O2S/c1-15-3-4-17(13-16(15)2)21-7-8-22(26-25-21)27-9-11-28(12-10-27)31(29,30)18-5-6-19(23)20(24)14-18/h3-8,13-14H,9-12H2,1-2H3. The molecule has 0 aliphatic carbocycles. The average molecular weight is 477 g/mol. The van der Waals surface area contributed by atoms with Crippen molar-refractivity contribution in [1.29, 1.82) is 0 Å². The quantitative estimate of drug-likeness (QED) is 0.551. The smallest absolute Gasteiger partial charge is 0.243 e. The lowest BCUT2D eigenvalue weighted by molar-refractivity contribution is 0.383. The van der Waals surface area contributed by atoms with Crippen LogP contribution in [0, 0.1) is 13.8 Å². The van der Waals surface area contributed by atoms with Gasteiger partial charge in [-0.2, -0.15) is 4.31 Å². The number of benzene rings is 2. The van der Waals surface area contributed by atoms with Crippen molar-refractivity contribution in [1.82, 2.24) is 14.5 Å². The summed E-state index contributed by atoms with van der Waals surface area (Å²) in [6.07, 6.45) is 0. The summed E-state index contributed by atoms with van der Waals surface area (Å²) in [5, 5.41) is 9.30. The number of hydrogen-bond donors (Lipinski definition) is 0. The van der Waals surface area contributed by atoms with Gasteiger partial charge in [-0.25, -0.2) is 8.42 Å². The van der Waals surface area contributed by atoms with E-state index in [1.54, 1.807) is 0 Å². The fourth-order valence-electron chi connectivity index (χ4n) is 3.49. The highest BCUT2D eigenvalue weighted by atomic mass is 35.5. The Labute approximate surface area is 192 Å². The summed E-state index contributed by atoms with van der Waals surface area (Å²) in [6, 6.07) is 14.5. The van der Waals surface area contributed by atoms with Crippen LogP contribution in [0.5, 0.6) is 0 Å². The number of piperazine rings is 1. The molecule has 0 unspecified atom stereocenters. The molecule has 0 atom stereocenters. The maximum Gasteiger partial charge on any atom is 0.243 e. The summed E-state index contributed by atoms with van der Waals surface area (Å²) in [5.74, 6) is 0.735. The van der Waals surface area contributed by atoms with E-state index in [4.69, 9.17) is 23.2 Å². The van der Waals surface area contributed by atoms with E-state index in [1.165, 1.54) is 33.6 Å². The van der Waals surface area contributed by atoms with E-state index < -0.39 is 10.0 Å². The van der Waals surface area contributed by atoms with Gasteiger partial charge >= 0.3 is 0 Å². The highest BCUT2D eigenvalue weighted by Crippen LogP contribution is 2.28. The second kappa shape index (κ2) is 8.74.